The molecule has 148 valence electrons. The Kier molecular flexibility index (Phi) is 7.13. The van der Waals surface area contributed by atoms with Crippen LogP contribution in [0.1, 0.15) is 5.56 Å². The van der Waals surface area contributed by atoms with Crippen LogP contribution in [0, 0.1) is 10.1 Å². The Morgan fingerprint density at radius 3 is 2.61 bits per heavy atom. The summed E-state index contributed by atoms with van der Waals surface area (Å²) in [4.78, 5) is 22.5. The molecule has 0 radical (unpaired) electrons. The first-order chi connectivity index (χ1) is 13.2. The average Bonchev–Trinajstić information content (AvgIpc) is 2.63. The number of ether oxygens (including phenoxy) is 2. The summed E-state index contributed by atoms with van der Waals surface area (Å²) in [6.45, 7) is -3.19. The maximum absolute atomic E-state index is 12.5. The van der Waals surface area contributed by atoms with Crippen molar-refractivity contribution in [2.75, 3.05) is 12.4 Å². The maximum atomic E-state index is 12.5. The van der Waals surface area contributed by atoms with Crippen molar-refractivity contribution in [3.05, 3.63) is 62.1 Å². The fourth-order valence-corrected chi connectivity index (χ4v) is 2.49. The highest BCUT2D eigenvalue weighted by atomic mass is 35.5. The van der Waals surface area contributed by atoms with E-state index in [1.54, 1.807) is 6.07 Å². The van der Waals surface area contributed by atoms with Gasteiger partial charge in [0, 0.05) is 6.08 Å². The highest BCUT2D eigenvalue weighted by Gasteiger charge is 2.20. The van der Waals surface area contributed by atoms with Crippen LogP contribution in [0.2, 0.25) is 10.0 Å². The fourth-order valence-electron chi connectivity index (χ4n) is 2.14. The Balaban J connectivity index is 2.31. The van der Waals surface area contributed by atoms with Gasteiger partial charge in [-0.1, -0.05) is 29.3 Å². The predicted octanol–water partition coefficient (Wildman–Crippen LogP) is 5.16. The van der Waals surface area contributed by atoms with Crippen LogP contribution in [0.3, 0.4) is 0 Å². The van der Waals surface area contributed by atoms with Crippen LogP contribution in [-0.4, -0.2) is 24.6 Å². The average molecular weight is 433 g/mol. The van der Waals surface area contributed by atoms with Crippen molar-refractivity contribution in [3.8, 4) is 11.5 Å². The smallest absolute Gasteiger partial charge is 0.387 e. The van der Waals surface area contributed by atoms with E-state index in [-0.39, 0.29) is 27.0 Å². The van der Waals surface area contributed by atoms with E-state index in [0.29, 0.717) is 0 Å². The number of carbonyl (C=O) groups excluding carboxylic acids is 1. The van der Waals surface area contributed by atoms with Gasteiger partial charge in [0.15, 0.2) is 11.5 Å². The minimum atomic E-state index is -3.19. The molecule has 11 heteroatoms. The third-order valence-electron chi connectivity index (χ3n) is 3.35. The molecule has 0 aromatic heterocycles. The first-order valence-electron chi connectivity index (χ1n) is 7.47. The number of amides is 1. The number of rotatable bonds is 7. The lowest BCUT2D eigenvalue weighted by Gasteiger charge is -2.11. The van der Waals surface area contributed by atoms with Crippen LogP contribution in [0.15, 0.2) is 36.4 Å². The van der Waals surface area contributed by atoms with Gasteiger partial charge in [-0.15, -0.1) is 0 Å². The third kappa shape index (κ3) is 5.30. The number of alkyl halides is 2. The van der Waals surface area contributed by atoms with Gasteiger partial charge in [0.2, 0.25) is 5.91 Å². The van der Waals surface area contributed by atoms with Crippen LogP contribution in [-0.2, 0) is 4.79 Å². The van der Waals surface area contributed by atoms with Crippen molar-refractivity contribution < 1.29 is 28.0 Å². The lowest BCUT2D eigenvalue weighted by atomic mass is 10.1. The molecule has 0 atom stereocenters. The SMILES string of the molecule is COc1cc(/C=C/C(=O)Nc2cccc(Cl)c2Cl)c([N+](=O)[O-])cc1OC(F)F. The molecule has 0 aliphatic carbocycles. The van der Waals surface area contributed by atoms with Gasteiger partial charge in [0.25, 0.3) is 5.69 Å². The summed E-state index contributed by atoms with van der Waals surface area (Å²) in [5.41, 5.74) is -0.367. The number of nitrogens with zero attached hydrogens (tertiary/aromatic N) is 1. The van der Waals surface area contributed by atoms with Gasteiger partial charge in [0.1, 0.15) is 0 Å². The molecule has 1 amide bonds. The van der Waals surface area contributed by atoms with Crippen molar-refractivity contribution in [3.63, 3.8) is 0 Å². The van der Waals surface area contributed by atoms with E-state index in [1.807, 2.05) is 0 Å². The number of benzene rings is 2. The summed E-state index contributed by atoms with van der Waals surface area (Å²) < 4.78 is 34.0. The predicted molar refractivity (Wildman–Crippen MR) is 100 cm³/mol. The largest absolute Gasteiger partial charge is 0.493 e. The third-order valence-corrected chi connectivity index (χ3v) is 4.17. The number of anilines is 1. The molecule has 0 bridgehead atoms. The molecule has 0 aliphatic rings. The molecule has 0 unspecified atom stereocenters. The highest BCUT2D eigenvalue weighted by molar-refractivity contribution is 6.44. The van der Waals surface area contributed by atoms with Crippen LogP contribution in [0.4, 0.5) is 20.2 Å². The number of nitro benzene ring substituents is 1. The first kappa shape index (κ1) is 21.4. The first-order valence-corrected chi connectivity index (χ1v) is 8.22. The summed E-state index contributed by atoms with van der Waals surface area (Å²) in [6.07, 6.45) is 2.13. The molecule has 0 saturated heterocycles. The lowest BCUT2D eigenvalue weighted by molar-refractivity contribution is -0.385. The van der Waals surface area contributed by atoms with E-state index < -0.39 is 28.9 Å². The molecule has 1 N–H and O–H groups in total. The van der Waals surface area contributed by atoms with Crippen molar-refractivity contribution in [1.82, 2.24) is 0 Å². The zero-order chi connectivity index (χ0) is 20.8. The fraction of sp³-hybridized carbons (Fsp3) is 0.118. The zero-order valence-corrected chi connectivity index (χ0v) is 15.6. The molecule has 0 heterocycles. The van der Waals surface area contributed by atoms with Gasteiger partial charge in [-0.3, -0.25) is 14.9 Å². The second kappa shape index (κ2) is 9.34. The van der Waals surface area contributed by atoms with Gasteiger partial charge in [0.05, 0.1) is 39.4 Å². The second-order valence-corrected chi connectivity index (χ2v) is 5.91. The van der Waals surface area contributed by atoms with Crippen molar-refractivity contribution in [2.45, 2.75) is 6.61 Å². The second-order valence-electron chi connectivity index (χ2n) is 5.12. The molecule has 0 aliphatic heterocycles. The summed E-state index contributed by atoms with van der Waals surface area (Å²) in [5.74, 6) is -1.31. The Hall–Kier alpha value is -2.91. The monoisotopic (exact) mass is 432 g/mol. The standard InChI is InChI=1S/C17H12Cl2F2N2O5/c1-27-13-7-9(12(23(25)26)8-14(13)28-17(20)21)5-6-15(24)22-11-4-2-3-10(18)16(11)19/h2-8,17H,1H3,(H,22,24)/b6-5+. The number of nitrogens with one attached hydrogen (secondary N) is 1. The zero-order valence-electron chi connectivity index (χ0n) is 14.1. The van der Waals surface area contributed by atoms with E-state index in [1.165, 1.54) is 19.2 Å². The topological polar surface area (TPSA) is 90.7 Å². The van der Waals surface area contributed by atoms with Gasteiger partial charge < -0.3 is 14.8 Å². The van der Waals surface area contributed by atoms with Gasteiger partial charge in [-0.25, -0.2) is 0 Å². The molecule has 28 heavy (non-hydrogen) atoms. The van der Waals surface area contributed by atoms with Crippen LogP contribution in [0.5, 0.6) is 11.5 Å². The normalized spacial score (nSPS) is 10.9. The Morgan fingerprint density at radius 2 is 2.00 bits per heavy atom. The molecule has 0 spiro atoms. The molecule has 2 aromatic rings. The van der Waals surface area contributed by atoms with Crippen molar-refractivity contribution in [2.24, 2.45) is 0 Å². The van der Waals surface area contributed by atoms with Crippen LogP contribution >= 0.6 is 23.2 Å². The number of carbonyl (C=O) groups is 1. The van der Waals surface area contributed by atoms with E-state index in [0.717, 1.165) is 24.3 Å². The summed E-state index contributed by atoms with van der Waals surface area (Å²) in [7, 11) is 1.18. The number of nitro groups is 1. The van der Waals surface area contributed by atoms with Crippen LogP contribution in [0.25, 0.3) is 6.08 Å². The van der Waals surface area contributed by atoms with Crippen molar-refractivity contribution in [1.29, 1.82) is 0 Å². The van der Waals surface area contributed by atoms with Gasteiger partial charge in [-0.05, 0) is 24.3 Å². The minimum Gasteiger partial charge on any atom is -0.493 e. The number of halogens is 4. The Bertz CT molecular complexity index is 938. The lowest BCUT2D eigenvalue weighted by Crippen LogP contribution is -2.08. The molecular weight excluding hydrogens is 421 g/mol. The molecular formula is C17H12Cl2F2N2O5. The Labute approximate surface area is 167 Å². The molecule has 0 saturated carbocycles. The number of hydrogen-bond acceptors (Lipinski definition) is 5. The molecule has 2 aromatic carbocycles. The summed E-state index contributed by atoms with van der Waals surface area (Å²) >= 11 is 11.8. The molecule has 7 nitrogen and oxygen atoms in total. The summed E-state index contributed by atoms with van der Waals surface area (Å²) in [5, 5.41) is 14.1. The van der Waals surface area contributed by atoms with Gasteiger partial charge in [-0.2, -0.15) is 8.78 Å². The van der Waals surface area contributed by atoms with E-state index in [2.05, 4.69) is 10.1 Å². The van der Waals surface area contributed by atoms with Crippen molar-refractivity contribution >= 4 is 46.6 Å². The highest BCUT2D eigenvalue weighted by Crippen LogP contribution is 2.36. The van der Waals surface area contributed by atoms with E-state index in [4.69, 9.17) is 27.9 Å². The number of methoxy groups -OCH3 is 1. The summed E-state index contributed by atoms with van der Waals surface area (Å²) in [6, 6.07) is 6.52. The Morgan fingerprint density at radius 1 is 1.29 bits per heavy atom. The van der Waals surface area contributed by atoms with Gasteiger partial charge >= 0.3 is 6.61 Å². The molecule has 2 rings (SSSR count). The van der Waals surface area contributed by atoms with Crippen LogP contribution < -0.4 is 14.8 Å². The van der Waals surface area contributed by atoms with E-state index >= 15 is 0 Å². The quantitative estimate of drug-likeness (QED) is 0.370. The number of hydrogen-bond donors (Lipinski definition) is 1. The maximum Gasteiger partial charge on any atom is 0.387 e. The minimum absolute atomic E-state index is 0.0594. The van der Waals surface area contributed by atoms with E-state index in [9.17, 15) is 23.7 Å². The molecule has 0 fully saturated rings.